The van der Waals surface area contributed by atoms with Crippen molar-refractivity contribution in [3.63, 3.8) is 0 Å². The minimum Gasteiger partial charge on any atom is -0.347 e. The third-order valence-corrected chi connectivity index (χ3v) is 4.32. The molecule has 1 aliphatic rings. The monoisotopic (exact) mass is 322 g/mol. The number of carbonyl (C=O) groups is 2. The Morgan fingerprint density at radius 3 is 2.50 bits per heavy atom. The first-order valence-electron chi connectivity index (χ1n) is 8.43. The van der Waals surface area contributed by atoms with Crippen LogP contribution in [-0.2, 0) is 28.9 Å². The third kappa shape index (κ3) is 4.22. The largest absolute Gasteiger partial charge is 0.347 e. The molecule has 0 bridgehead atoms. The molecule has 3 rings (SSSR count). The van der Waals surface area contributed by atoms with E-state index in [0.29, 0.717) is 0 Å². The number of aryl methyl sites for hydroxylation is 1. The van der Waals surface area contributed by atoms with Gasteiger partial charge in [0.2, 0.25) is 11.8 Å². The van der Waals surface area contributed by atoms with Crippen LogP contribution in [0.2, 0.25) is 0 Å². The SMILES string of the molecule is O=C(Cc1ccccc1)NCC(=O)Nc1cccc2c1CCCC2. The zero-order valence-electron chi connectivity index (χ0n) is 13.7. The lowest BCUT2D eigenvalue weighted by atomic mass is 9.90. The number of hydrogen-bond donors (Lipinski definition) is 2. The van der Waals surface area contributed by atoms with Gasteiger partial charge in [0.25, 0.3) is 0 Å². The highest BCUT2D eigenvalue weighted by Gasteiger charge is 2.14. The number of rotatable bonds is 5. The van der Waals surface area contributed by atoms with E-state index >= 15 is 0 Å². The van der Waals surface area contributed by atoms with Crippen LogP contribution in [0.3, 0.4) is 0 Å². The van der Waals surface area contributed by atoms with Crippen LogP contribution in [0.4, 0.5) is 5.69 Å². The summed E-state index contributed by atoms with van der Waals surface area (Å²) in [4.78, 5) is 24.0. The lowest BCUT2D eigenvalue weighted by Crippen LogP contribution is -2.34. The Morgan fingerprint density at radius 1 is 0.875 bits per heavy atom. The van der Waals surface area contributed by atoms with Crippen LogP contribution in [0.25, 0.3) is 0 Å². The van der Waals surface area contributed by atoms with Crippen molar-refractivity contribution in [2.45, 2.75) is 32.1 Å². The van der Waals surface area contributed by atoms with E-state index in [9.17, 15) is 9.59 Å². The summed E-state index contributed by atoms with van der Waals surface area (Å²) in [5.74, 6) is -0.332. The first-order valence-corrected chi connectivity index (χ1v) is 8.43. The van der Waals surface area contributed by atoms with Crippen molar-refractivity contribution in [2.75, 3.05) is 11.9 Å². The topological polar surface area (TPSA) is 58.2 Å². The van der Waals surface area contributed by atoms with Gasteiger partial charge < -0.3 is 10.6 Å². The third-order valence-electron chi connectivity index (χ3n) is 4.32. The van der Waals surface area contributed by atoms with Gasteiger partial charge in [-0.25, -0.2) is 0 Å². The van der Waals surface area contributed by atoms with Gasteiger partial charge in [-0.15, -0.1) is 0 Å². The van der Waals surface area contributed by atoms with Crippen molar-refractivity contribution in [3.8, 4) is 0 Å². The number of amides is 2. The highest BCUT2D eigenvalue weighted by atomic mass is 16.2. The fourth-order valence-electron chi connectivity index (χ4n) is 3.12. The summed E-state index contributed by atoms with van der Waals surface area (Å²) >= 11 is 0. The van der Waals surface area contributed by atoms with E-state index in [1.807, 2.05) is 42.5 Å². The zero-order valence-corrected chi connectivity index (χ0v) is 13.7. The van der Waals surface area contributed by atoms with Crippen LogP contribution in [0.5, 0.6) is 0 Å². The lowest BCUT2D eigenvalue weighted by molar-refractivity contribution is -0.123. The van der Waals surface area contributed by atoms with E-state index in [4.69, 9.17) is 0 Å². The second-order valence-electron chi connectivity index (χ2n) is 6.14. The maximum atomic E-state index is 12.1. The predicted octanol–water partition coefficient (Wildman–Crippen LogP) is 2.86. The normalized spacial score (nSPS) is 13.0. The van der Waals surface area contributed by atoms with Gasteiger partial charge >= 0.3 is 0 Å². The van der Waals surface area contributed by atoms with E-state index < -0.39 is 0 Å². The molecule has 2 amide bonds. The minimum absolute atomic E-state index is 0.00463. The van der Waals surface area contributed by atoms with Crippen LogP contribution in [0.1, 0.15) is 29.5 Å². The second kappa shape index (κ2) is 7.77. The van der Waals surface area contributed by atoms with E-state index in [1.54, 1.807) is 0 Å². The second-order valence-corrected chi connectivity index (χ2v) is 6.14. The first-order chi connectivity index (χ1) is 11.7. The number of nitrogens with one attached hydrogen (secondary N) is 2. The number of hydrogen-bond acceptors (Lipinski definition) is 2. The molecule has 2 aromatic rings. The van der Waals surface area contributed by atoms with Crippen molar-refractivity contribution in [1.82, 2.24) is 5.32 Å². The molecule has 0 aromatic heterocycles. The van der Waals surface area contributed by atoms with E-state index in [0.717, 1.165) is 30.5 Å². The van der Waals surface area contributed by atoms with Crippen LogP contribution >= 0.6 is 0 Å². The lowest BCUT2D eigenvalue weighted by Gasteiger charge is -2.19. The molecule has 0 aliphatic heterocycles. The van der Waals surface area contributed by atoms with Crippen LogP contribution in [0.15, 0.2) is 48.5 Å². The van der Waals surface area contributed by atoms with Gasteiger partial charge in [0.05, 0.1) is 13.0 Å². The Morgan fingerprint density at radius 2 is 1.67 bits per heavy atom. The fraction of sp³-hybridized carbons (Fsp3) is 0.300. The molecule has 2 aromatic carbocycles. The maximum Gasteiger partial charge on any atom is 0.243 e. The van der Waals surface area contributed by atoms with Crippen LogP contribution in [0, 0.1) is 0 Å². The summed E-state index contributed by atoms with van der Waals surface area (Å²) in [6.45, 7) is -0.00463. The molecule has 0 atom stereocenters. The summed E-state index contributed by atoms with van der Waals surface area (Å²) < 4.78 is 0. The van der Waals surface area contributed by atoms with Crippen molar-refractivity contribution in [3.05, 3.63) is 65.2 Å². The number of benzene rings is 2. The molecule has 0 saturated heterocycles. The molecule has 1 aliphatic carbocycles. The molecular formula is C20H22N2O2. The standard InChI is InChI=1S/C20H22N2O2/c23-19(13-15-7-2-1-3-8-15)21-14-20(24)22-18-12-6-10-16-9-4-5-11-17(16)18/h1-3,6-8,10,12H,4-5,9,11,13-14H2,(H,21,23)(H,22,24). The number of fused-ring (bicyclic) bond motifs is 1. The molecule has 0 saturated carbocycles. The Kier molecular flexibility index (Phi) is 5.26. The molecule has 0 heterocycles. The van der Waals surface area contributed by atoms with Gasteiger partial charge in [-0.05, 0) is 48.4 Å². The Hall–Kier alpha value is -2.62. The van der Waals surface area contributed by atoms with Gasteiger partial charge in [-0.1, -0.05) is 42.5 Å². The van der Waals surface area contributed by atoms with Crippen LogP contribution in [-0.4, -0.2) is 18.4 Å². The molecule has 0 fully saturated rings. The fourth-order valence-corrected chi connectivity index (χ4v) is 3.12. The summed E-state index contributed by atoms with van der Waals surface area (Å²) in [6, 6.07) is 15.6. The van der Waals surface area contributed by atoms with Crippen molar-refractivity contribution < 1.29 is 9.59 Å². The first kappa shape index (κ1) is 16.2. The molecule has 2 N–H and O–H groups in total. The Balaban J connectivity index is 1.52. The summed E-state index contributed by atoms with van der Waals surface area (Å²) in [7, 11) is 0. The van der Waals surface area contributed by atoms with Crippen molar-refractivity contribution in [2.24, 2.45) is 0 Å². The maximum absolute atomic E-state index is 12.1. The van der Waals surface area contributed by atoms with Crippen LogP contribution < -0.4 is 10.6 Å². The molecule has 0 unspecified atom stereocenters. The van der Waals surface area contributed by atoms with Gasteiger partial charge in [-0.2, -0.15) is 0 Å². The summed E-state index contributed by atoms with van der Waals surface area (Å²) in [5, 5.41) is 5.62. The average Bonchev–Trinajstić information content (AvgIpc) is 2.61. The minimum atomic E-state index is -0.185. The molecular weight excluding hydrogens is 300 g/mol. The number of carbonyl (C=O) groups excluding carboxylic acids is 2. The molecule has 24 heavy (non-hydrogen) atoms. The Labute approximate surface area is 142 Å². The molecule has 0 spiro atoms. The quantitative estimate of drug-likeness (QED) is 0.889. The average molecular weight is 322 g/mol. The van der Waals surface area contributed by atoms with Gasteiger partial charge in [0, 0.05) is 5.69 Å². The molecule has 4 heteroatoms. The van der Waals surface area contributed by atoms with E-state index in [1.165, 1.54) is 17.5 Å². The predicted molar refractivity (Wildman–Crippen MR) is 94.9 cm³/mol. The highest BCUT2D eigenvalue weighted by molar-refractivity contribution is 5.95. The number of anilines is 1. The highest BCUT2D eigenvalue weighted by Crippen LogP contribution is 2.27. The Bertz CT molecular complexity index is 726. The molecule has 0 radical (unpaired) electrons. The van der Waals surface area contributed by atoms with Gasteiger partial charge in [0.15, 0.2) is 0 Å². The molecule has 124 valence electrons. The summed E-state index contributed by atoms with van der Waals surface area (Å²) in [6.07, 6.45) is 4.74. The van der Waals surface area contributed by atoms with Crippen molar-refractivity contribution in [1.29, 1.82) is 0 Å². The zero-order chi connectivity index (χ0) is 16.8. The molecule has 4 nitrogen and oxygen atoms in total. The van der Waals surface area contributed by atoms with Crippen molar-refractivity contribution >= 4 is 17.5 Å². The summed E-state index contributed by atoms with van der Waals surface area (Å²) in [5.41, 5.74) is 4.39. The van der Waals surface area contributed by atoms with E-state index in [-0.39, 0.29) is 24.8 Å². The smallest absolute Gasteiger partial charge is 0.243 e. The van der Waals surface area contributed by atoms with Gasteiger partial charge in [0.1, 0.15) is 0 Å². The van der Waals surface area contributed by atoms with E-state index in [2.05, 4.69) is 16.7 Å². The van der Waals surface area contributed by atoms with Gasteiger partial charge in [-0.3, -0.25) is 9.59 Å².